The fourth-order valence-corrected chi connectivity index (χ4v) is 3.31. The second-order valence-electron chi connectivity index (χ2n) is 3.86. The summed E-state index contributed by atoms with van der Waals surface area (Å²) in [7, 11) is 0. The van der Waals surface area contributed by atoms with Crippen LogP contribution in [-0.4, -0.2) is 4.98 Å². The SMILES string of the molecule is CC(C)C(Nc1nc(Cl)cs1)c1cccs1. The average molecular weight is 273 g/mol. The first-order valence-electron chi connectivity index (χ1n) is 5.08. The highest BCUT2D eigenvalue weighted by atomic mass is 35.5. The summed E-state index contributed by atoms with van der Waals surface area (Å²) in [5.41, 5.74) is 0. The van der Waals surface area contributed by atoms with Crippen molar-refractivity contribution >= 4 is 39.4 Å². The zero-order valence-electron chi connectivity index (χ0n) is 9.11. The Labute approximate surface area is 108 Å². The summed E-state index contributed by atoms with van der Waals surface area (Å²) in [5, 5.41) is 8.82. The van der Waals surface area contributed by atoms with Gasteiger partial charge < -0.3 is 5.32 Å². The van der Waals surface area contributed by atoms with Crippen molar-refractivity contribution in [3.05, 3.63) is 32.9 Å². The Hall–Kier alpha value is -0.580. The fraction of sp³-hybridized carbons (Fsp3) is 0.364. The van der Waals surface area contributed by atoms with Gasteiger partial charge in [0.15, 0.2) is 5.13 Å². The molecule has 0 radical (unpaired) electrons. The Balaban J connectivity index is 2.15. The number of rotatable bonds is 4. The minimum absolute atomic E-state index is 0.308. The number of hydrogen-bond donors (Lipinski definition) is 1. The summed E-state index contributed by atoms with van der Waals surface area (Å²) in [6.07, 6.45) is 0. The Morgan fingerprint density at radius 1 is 1.38 bits per heavy atom. The van der Waals surface area contributed by atoms with Crippen LogP contribution in [0.2, 0.25) is 5.15 Å². The highest BCUT2D eigenvalue weighted by molar-refractivity contribution is 7.14. The van der Waals surface area contributed by atoms with E-state index < -0.39 is 0 Å². The zero-order valence-corrected chi connectivity index (χ0v) is 11.5. The molecule has 0 spiro atoms. The molecule has 86 valence electrons. The highest BCUT2D eigenvalue weighted by Crippen LogP contribution is 2.31. The molecule has 0 saturated carbocycles. The second kappa shape index (κ2) is 5.17. The number of thiazole rings is 1. The first kappa shape index (κ1) is 11.9. The molecule has 1 unspecified atom stereocenters. The van der Waals surface area contributed by atoms with E-state index in [2.05, 4.69) is 41.7 Å². The summed E-state index contributed by atoms with van der Waals surface area (Å²) < 4.78 is 0. The first-order valence-corrected chi connectivity index (χ1v) is 7.21. The standard InChI is InChI=1S/C11H13ClN2S2/c1-7(2)10(8-4-3-5-15-8)14-11-13-9(12)6-16-11/h3-7,10H,1-2H3,(H,13,14). The van der Waals surface area contributed by atoms with Crippen LogP contribution >= 0.6 is 34.3 Å². The lowest BCUT2D eigenvalue weighted by molar-refractivity contribution is 0.553. The third-order valence-electron chi connectivity index (χ3n) is 2.27. The van der Waals surface area contributed by atoms with Gasteiger partial charge in [0.1, 0.15) is 5.15 Å². The molecular weight excluding hydrogens is 260 g/mol. The van der Waals surface area contributed by atoms with E-state index in [1.54, 1.807) is 22.7 Å². The molecule has 0 bridgehead atoms. The summed E-state index contributed by atoms with van der Waals surface area (Å²) >= 11 is 9.12. The van der Waals surface area contributed by atoms with E-state index in [4.69, 9.17) is 11.6 Å². The van der Waals surface area contributed by atoms with Crippen LogP contribution in [0, 0.1) is 5.92 Å². The van der Waals surface area contributed by atoms with Crippen molar-refractivity contribution in [1.82, 2.24) is 4.98 Å². The monoisotopic (exact) mass is 272 g/mol. The molecule has 0 aliphatic carbocycles. The molecule has 2 rings (SSSR count). The van der Waals surface area contributed by atoms with Gasteiger partial charge in [0, 0.05) is 10.3 Å². The molecular formula is C11H13ClN2S2. The lowest BCUT2D eigenvalue weighted by atomic mass is 10.0. The molecule has 0 aromatic carbocycles. The maximum atomic E-state index is 5.81. The maximum Gasteiger partial charge on any atom is 0.184 e. The van der Waals surface area contributed by atoms with Gasteiger partial charge in [-0.05, 0) is 17.4 Å². The predicted octanol–water partition coefficient (Wildman–Crippen LogP) is 4.67. The van der Waals surface area contributed by atoms with Crippen LogP contribution in [0.5, 0.6) is 0 Å². The number of thiophene rings is 1. The smallest absolute Gasteiger partial charge is 0.184 e. The first-order chi connectivity index (χ1) is 7.66. The molecule has 2 aromatic heterocycles. The van der Waals surface area contributed by atoms with E-state index in [-0.39, 0.29) is 0 Å². The summed E-state index contributed by atoms with van der Waals surface area (Å²) in [4.78, 5) is 5.55. The molecule has 0 amide bonds. The quantitative estimate of drug-likeness (QED) is 0.875. The largest absolute Gasteiger partial charge is 0.354 e. The number of aromatic nitrogens is 1. The van der Waals surface area contributed by atoms with E-state index in [0.717, 1.165) is 5.13 Å². The Kier molecular flexibility index (Phi) is 3.84. The van der Waals surface area contributed by atoms with Gasteiger partial charge in [-0.15, -0.1) is 22.7 Å². The highest BCUT2D eigenvalue weighted by Gasteiger charge is 2.17. The van der Waals surface area contributed by atoms with Crippen LogP contribution < -0.4 is 5.32 Å². The Morgan fingerprint density at radius 3 is 2.69 bits per heavy atom. The lowest BCUT2D eigenvalue weighted by Gasteiger charge is -2.20. The zero-order chi connectivity index (χ0) is 11.5. The number of anilines is 1. The molecule has 0 aliphatic rings. The van der Waals surface area contributed by atoms with Crippen molar-refractivity contribution in [1.29, 1.82) is 0 Å². The summed E-state index contributed by atoms with van der Waals surface area (Å²) in [6, 6.07) is 4.53. The van der Waals surface area contributed by atoms with Gasteiger partial charge in [-0.2, -0.15) is 0 Å². The van der Waals surface area contributed by atoms with Crippen LogP contribution in [-0.2, 0) is 0 Å². The Bertz CT molecular complexity index is 437. The van der Waals surface area contributed by atoms with E-state index in [1.807, 2.05) is 5.38 Å². The number of nitrogens with one attached hydrogen (secondary N) is 1. The van der Waals surface area contributed by atoms with Gasteiger partial charge in [-0.1, -0.05) is 31.5 Å². The van der Waals surface area contributed by atoms with Crippen molar-refractivity contribution < 1.29 is 0 Å². The Morgan fingerprint density at radius 2 is 2.19 bits per heavy atom. The third kappa shape index (κ3) is 2.75. The molecule has 1 atom stereocenters. The molecule has 16 heavy (non-hydrogen) atoms. The van der Waals surface area contributed by atoms with Gasteiger partial charge in [0.05, 0.1) is 6.04 Å². The molecule has 0 fully saturated rings. The van der Waals surface area contributed by atoms with Gasteiger partial charge >= 0.3 is 0 Å². The second-order valence-corrected chi connectivity index (χ2v) is 6.08. The van der Waals surface area contributed by atoms with Gasteiger partial charge in [0.2, 0.25) is 0 Å². The summed E-state index contributed by atoms with van der Waals surface area (Å²) in [6.45, 7) is 4.40. The van der Waals surface area contributed by atoms with E-state index in [9.17, 15) is 0 Å². The lowest BCUT2D eigenvalue weighted by Crippen LogP contribution is -2.15. The molecule has 5 heteroatoms. The van der Waals surface area contributed by atoms with E-state index in [1.165, 1.54) is 4.88 Å². The van der Waals surface area contributed by atoms with Crippen LogP contribution in [0.25, 0.3) is 0 Å². The van der Waals surface area contributed by atoms with Crippen LogP contribution in [0.4, 0.5) is 5.13 Å². The van der Waals surface area contributed by atoms with Gasteiger partial charge in [-0.25, -0.2) is 4.98 Å². The van der Waals surface area contributed by atoms with E-state index >= 15 is 0 Å². The van der Waals surface area contributed by atoms with Crippen molar-refractivity contribution in [2.75, 3.05) is 5.32 Å². The van der Waals surface area contributed by atoms with Crippen LogP contribution in [0.1, 0.15) is 24.8 Å². The predicted molar refractivity (Wildman–Crippen MR) is 72.6 cm³/mol. The topological polar surface area (TPSA) is 24.9 Å². The van der Waals surface area contributed by atoms with E-state index in [0.29, 0.717) is 17.1 Å². The van der Waals surface area contributed by atoms with Crippen molar-refractivity contribution in [2.24, 2.45) is 5.92 Å². The molecule has 2 heterocycles. The molecule has 2 aromatic rings. The molecule has 0 aliphatic heterocycles. The van der Waals surface area contributed by atoms with Crippen LogP contribution in [0.15, 0.2) is 22.9 Å². The van der Waals surface area contributed by atoms with Crippen LogP contribution in [0.3, 0.4) is 0 Å². The minimum Gasteiger partial charge on any atom is -0.354 e. The summed E-state index contributed by atoms with van der Waals surface area (Å²) in [5.74, 6) is 0.515. The van der Waals surface area contributed by atoms with Crippen molar-refractivity contribution in [3.8, 4) is 0 Å². The number of nitrogens with zero attached hydrogens (tertiary/aromatic N) is 1. The van der Waals surface area contributed by atoms with Gasteiger partial charge in [0.25, 0.3) is 0 Å². The van der Waals surface area contributed by atoms with Gasteiger partial charge in [-0.3, -0.25) is 0 Å². The fourth-order valence-electron chi connectivity index (χ4n) is 1.49. The average Bonchev–Trinajstić information content (AvgIpc) is 2.84. The number of hydrogen-bond acceptors (Lipinski definition) is 4. The van der Waals surface area contributed by atoms with Crippen molar-refractivity contribution in [2.45, 2.75) is 19.9 Å². The van der Waals surface area contributed by atoms with Crippen molar-refractivity contribution in [3.63, 3.8) is 0 Å². The number of halogens is 1. The minimum atomic E-state index is 0.308. The third-order valence-corrected chi connectivity index (χ3v) is 4.32. The maximum absolute atomic E-state index is 5.81. The molecule has 1 N–H and O–H groups in total. The molecule has 2 nitrogen and oxygen atoms in total. The normalized spacial score (nSPS) is 13.0. The molecule has 0 saturated heterocycles.